The van der Waals surface area contributed by atoms with Crippen molar-refractivity contribution in [3.8, 4) is 0 Å². The number of anilines is 1. The normalized spacial score (nSPS) is 21.1. The average Bonchev–Trinajstić information content (AvgIpc) is 2.74. The maximum atomic E-state index is 12.8. The van der Waals surface area contributed by atoms with Crippen LogP contribution in [0.1, 0.15) is 18.1 Å². The number of amides is 2. The zero-order valence-electron chi connectivity index (χ0n) is 13.1. The van der Waals surface area contributed by atoms with Gasteiger partial charge in [0.15, 0.2) is 0 Å². The van der Waals surface area contributed by atoms with Crippen LogP contribution in [0.2, 0.25) is 0 Å². The second-order valence-electron chi connectivity index (χ2n) is 6.07. The van der Waals surface area contributed by atoms with Crippen LogP contribution in [0.3, 0.4) is 0 Å². The summed E-state index contributed by atoms with van der Waals surface area (Å²) >= 11 is 2.21. The van der Waals surface area contributed by atoms with Crippen molar-refractivity contribution in [1.29, 1.82) is 0 Å². The molecule has 1 heterocycles. The van der Waals surface area contributed by atoms with Crippen molar-refractivity contribution in [2.45, 2.75) is 20.3 Å². The summed E-state index contributed by atoms with van der Waals surface area (Å²) in [4.78, 5) is 26.7. The molecule has 2 unspecified atom stereocenters. The molecule has 2 aromatic carbocycles. The highest BCUT2D eigenvalue weighted by Crippen LogP contribution is 2.33. The molecule has 0 N–H and O–H groups in total. The van der Waals surface area contributed by atoms with E-state index < -0.39 is 0 Å². The van der Waals surface area contributed by atoms with Gasteiger partial charge < -0.3 is 0 Å². The molecular weight excluding hydrogens is 401 g/mol. The van der Waals surface area contributed by atoms with Gasteiger partial charge in [0.1, 0.15) is 0 Å². The Kier molecular flexibility index (Phi) is 4.53. The number of rotatable bonds is 3. The molecule has 3 nitrogen and oxygen atoms in total. The lowest BCUT2D eigenvalue weighted by atomic mass is 9.90. The molecule has 2 amide bonds. The van der Waals surface area contributed by atoms with Crippen LogP contribution < -0.4 is 4.90 Å². The van der Waals surface area contributed by atoms with Gasteiger partial charge in [-0.1, -0.05) is 36.8 Å². The number of benzene rings is 2. The Balaban J connectivity index is 1.85. The summed E-state index contributed by atoms with van der Waals surface area (Å²) in [6.45, 7) is 3.89. The Labute approximate surface area is 149 Å². The van der Waals surface area contributed by atoms with Crippen molar-refractivity contribution >= 4 is 40.1 Å². The molecule has 1 aliphatic rings. The second-order valence-corrected chi connectivity index (χ2v) is 7.32. The topological polar surface area (TPSA) is 37.4 Å². The standard InChI is InChI=1S/C19H18INO2/c1-12-3-5-14(6-4-12)11-17-13(2)18(22)21(19(17)23)16-9-7-15(20)8-10-16/h3-10,13,17H,11H2,1-2H3. The van der Waals surface area contributed by atoms with Gasteiger partial charge in [0.05, 0.1) is 11.6 Å². The highest BCUT2D eigenvalue weighted by molar-refractivity contribution is 14.1. The molecule has 23 heavy (non-hydrogen) atoms. The first-order valence-electron chi connectivity index (χ1n) is 7.66. The maximum Gasteiger partial charge on any atom is 0.238 e. The van der Waals surface area contributed by atoms with Crippen LogP contribution in [0.4, 0.5) is 5.69 Å². The fourth-order valence-corrected chi connectivity index (χ4v) is 3.31. The lowest BCUT2D eigenvalue weighted by molar-refractivity contribution is -0.122. The first-order valence-corrected chi connectivity index (χ1v) is 8.74. The van der Waals surface area contributed by atoms with E-state index in [0.717, 1.165) is 9.13 Å². The lowest BCUT2D eigenvalue weighted by Crippen LogP contribution is -2.31. The van der Waals surface area contributed by atoms with Gasteiger partial charge in [-0.2, -0.15) is 0 Å². The molecule has 118 valence electrons. The van der Waals surface area contributed by atoms with E-state index in [-0.39, 0.29) is 23.7 Å². The van der Waals surface area contributed by atoms with E-state index in [1.54, 1.807) is 0 Å². The molecule has 0 saturated carbocycles. The van der Waals surface area contributed by atoms with Gasteiger partial charge >= 0.3 is 0 Å². The molecule has 1 fully saturated rings. The Morgan fingerprint density at radius 1 is 0.957 bits per heavy atom. The quantitative estimate of drug-likeness (QED) is 0.558. The van der Waals surface area contributed by atoms with E-state index in [0.29, 0.717) is 12.1 Å². The Morgan fingerprint density at radius 2 is 1.57 bits per heavy atom. The van der Waals surface area contributed by atoms with Crippen LogP contribution in [0, 0.1) is 22.3 Å². The summed E-state index contributed by atoms with van der Waals surface area (Å²) in [5.41, 5.74) is 2.95. The van der Waals surface area contributed by atoms with E-state index >= 15 is 0 Å². The summed E-state index contributed by atoms with van der Waals surface area (Å²) < 4.78 is 1.08. The van der Waals surface area contributed by atoms with Crippen LogP contribution >= 0.6 is 22.6 Å². The number of imide groups is 1. The minimum absolute atomic E-state index is 0.0933. The SMILES string of the molecule is Cc1ccc(CC2C(=O)N(c3ccc(I)cc3)C(=O)C2C)cc1. The smallest absolute Gasteiger partial charge is 0.238 e. The van der Waals surface area contributed by atoms with Gasteiger partial charge in [-0.3, -0.25) is 14.5 Å². The van der Waals surface area contributed by atoms with Crippen molar-refractivity contribution in [3.05, 3.63) is 63.2 Å². The van der Waals surface area contributed by atoms with Crippen LogP contribution in [0.25, 0.3) is 0 Å². The number of carbonyl (C=O) groups is 2. The molecule has 0 spiro atoms. The van der Waals surface area contributed by atoms with Gasteiger partial charge in [-0.05, 0) is 65.8 Å². The number of carbonyl (C=O) groups excluding carboxylic acids is 2. The number of aryl methyl sites for hydroxylation is 1. The monoisotopic (exact) mass is 419 g/mol. The average molecular weight is 419 g/mol. The highest BCUT2D eigenvalue weighted by atomic mass is 127. The summed E-state index contributed by atoms with van der Waals surface area (Å²) in [5.74, 6) is -0.773. The molecule has 2 atom stereocenters. The minimum Gasteiger partial charge on any atom is -0.274 e. The molecule has 1 saturated heterocycles. The van der Waals surface area contributed by atoms with Crippen LogP contribution in [0.15, 0.2) is 48.5 Å². The molecule has 0 aliphatic carbocycles. The number of halogens is 1. The summed E-state index contributed by atoms with van der Waals surface area (Å²) in [7, 11) is 0. The van der Waals surface area contributed by atoms with Crippen LogP contribution in [0.5, 0.6) is 0 Å². The third kappa shape index (κ3) is 3.17. The third-order valence-electron chi connectivity index (χ3n) is 4.41. The van der Waals surface area contributed by atoms with E-state index in [9.17, 15) is 9.59 Å². The van der Waals surface area contributed by atoms with Crippen LogP contribution in [-0.4, -0.2) is 11.8 Å². The summed E-state index contributed by atoms with van der Waals surface area (Å²) in [5, 5.41) is 0. The van der Waals surface area contributed by atoms with E-state index in [1.165, 1.54) is 10.5 Å². The minimum atomic E-state index is -0.289. The van der Waals surface area contributed by atoms with Crippen molar-refractivity contribution in [2.24, 2.45) is 11.8 Å². The van der Waals surface area contributed by atoms with E-state index in [4.69, 9.17) is 0 Å². The molecule has 1 aliphatic heterocycles. The Bertz CT molecular complexity index is 737. The van der Waals surface area contributed by atoms with Crippen LogP contribution in [-0.2, 0) is 16.0 Å². The molecule has 3 rings (SSSR count). The fourth-order valence-electron chi connectivity index (χ4n) is 2.95. The predicted octanol–water partition coefficient (Wildman–Crippen LogP) is 3.97. The zero-order valence-corrected chi connectivity index (χ0v) is 15.3. The van der Waals surface area contributed by atoms with Crippen molar-refractivity contribution in [1.82, 2.24) is 0 Å². The Morgan fingerprint density at radius 3 is 2.17 bits per heavy atom. The van der Waals surface area contributed by atoms with Crippen molar-refractivity contribution in [2.75, 3.05) is 4.90 Å². The predicted molar refractivity (Wildman–Crippen MR) is 99.2 cm³/mol. The molecule has 0 bridgehead atoms. The largest absolute Gasteiger partial charge is 0.274 e. The molecular formula is C19H18INO2. The van der Waals surface area contributed by atoms with Crippen molar-refractivity contribution in [3.63, 3.8) is 0 Å². The number of hydrogen-bond donors (Lipinski definition) is 0. The molecule has 2 aromatic rings. The molecule has 4 heteroatoms. The van der Waals surface area contributed by atoms with Gasteiger partial charge in [0.25, 0.3) is 0 Å². The van der Waals surface area contributed by atoms with E-state index in [1.807, 2.05) is 62.4 Å². The third-order valence-corrected chi connectivity index (χ3v) is 5.13. The van der Waals surface area contributed by atoms with Crippen molar-refractivity contribution < 1.29 is 9.59 Å². The fraction of sp³-hybridized carbons (Fsp3) is 0.263. The lowest BCUT2D eigenvalue weighted by Gasteiger charge is -2.15. The first kappa shape index (κ1) is 16.2. The first-order chi connectivity index (χ1) is 11.0. The van der Waals surface area contributed by atoms with Gasteiger partial charge in [0, 0.05) is 9.49 Å². The number of nitrogens with zero attached hydrogens (tertiary/aromatic N) is 1. The summed E-state index contributed by atoms with van der Waals surface area (Å²) in [6.07, 6.45) is 0.604. The Hall–Kier alpha value is -1.69. The summed E-state index contributed by atoms with van der Waals surface area (Å²) in [6, 6.07) is 15.6. The maximum absolute atomic E-state index is 12.8. The second kappa shape index (κ2) is 6.43. The molecule has 0 radical (unpaired) electrons. The highest BCUT2D eigenvalue weighted by Gasteiger charge is 2.45. The van der Waals surface area contributed by atoms with E-state index in [2.05, 4.69) is 22.6 Å². The van der Waals surface area contributed by atoms with Gasteiger partial charge in [0.2, 0.25) is 11.8 Å². The van der Waals surface area contributed by atoms with Gasteiger partial charge in [-0.15, -0.1) is 0 Å². The zero-order chi connectivity index (χ0) is 16.6. The van der Waals surface area contributed by atoms with Gasteiger partial charge in [-0.25, -0.2) is 0 Å². The number of hydrogen-bond acceptors (Lipinski definition) is 2. The molecule has 0 aromatic heterocycles.